The summed E-state index contributed by atoms with van der Waals surface area (Å²) < 4.78 is 39.0. The first kappa shape index (κ1) is 24.6. The van der Waals surface area contributed by atoms with E-state index in [1.54, 1.807) is 13.8 Å². The molecule has 1 N–H and O–H groups in total. The van der Waals surface area contributed by atoms with Crippen LogP contribution in [0.15, 0.2) is 48.5 Å². The highest BCUT2D eigenvalue weighted by Gasteiger charge is 2.29. The molecule has 0 aliphatic carbocycles. The van der Waals surface area contributed by atoms with Gasteiger partial charge in [0.05, 0.1) is 11.9 Å². The van der Waals surface area contributed by atoms with Gasteiger partial charge in [0.1, 0.15) is 18.4 Å². The molecule has 0 aromatic heterocycles. The SMILES string of the molecule is CCNC(=O)C(C)N(Cc1ccc(F)cc1)C(=O)CN(c1ccc(Cl)cc1)S(C)(=O)=O. The second kappa shape index (κ2) is 10.6. The molecule has 0 aliphatic heterocycles. The third-order valence-corrected chi connectivity index (χ3v) is 5.97. The van der Waals surface area contributed by atoms with E-state index >= 15 is 0 Å². The Morgan fingerprint density at radius 1 is 1.10 bits per heavy atom. The molecule has 0 bridgehead atoms. The molecular formula is C21H25ClFN3O4S. The minimum absolute atomic E-state index is 0.00956. The van der Waals surface area contributed by atoms with E-state index < -0.39 is 34.3 Å². The van der Waals surface area contributed by atoms with Gasteiger partial charge in [0.2, 0.25) is 21.8 Å². The molecule has 1 unspecified atom stereocenters. The van der Waals surface area contributed by atoms with E-state index in [0.717, 1.165) is 10.6 Å². The minimum atomic E-state index is -3.80. The third kappa shape index (κ3) is 6.93. The fraction of sp³-hybridized carbons (Fsp3) is 0.333. The Bertz CT molecular complexity index is 1010. The van der Waals surface area contributed by atoms with Gasteiger partial charge in [-0.05, 0) is 55.8 Å². The lowest BCUT2D eigenvalue weighted by atomic mass is 10.1. The summed E-state index contributed by atoms with van der Waals surface area (Å²) >= 11 is 5.88. The molecule has 2 aromatic rings. The van der Waals surface area contributed by atoms with E-state index in [-0.39, 0.29) is 18.1 Å². The summed E-state index contributed by atoms with van der Waals surface area (Å²) in [5.74, 6) is -1.39. The highest BCUT2D eigenvalue weighted by Crippen LogP contribution is 2.21. The predicted octanol–water partition coefficient (Wildman–Crippen LogP) is 2.80. The molecule has 0 radical (unpaired) electrons. The van der Waals surface area contributed by atoms with E-state index in [0.29, 0.717) is 17.1 Å². The Hall–Kier alpha value is -2.65. The van der Waals surface area contributed by atoms with E-state index in [1.807, 2.05) is 0 Å². The van der Waals surface area contributed by atoms with Crippen molar-refractivity contribution in [1.29, 1.82) is 0 Å². The molecule has 10 heteroatoms. The molecule has 2 amide bonds. The minimum Gasteiger partial charge on any atom is -0.355 e. The second-order valence-corrected chi connectivity index (χ2v) is 9.31. The average molecular weight is 470 g/mol. The van der Waals surface area contributed by atoms with Crippen molar-refractivity contribution in [1.82, 2.24) is 10.2 Å². The zero-order chi connectivity index (χ0) is 23.2. The maximum atomic E-state index is 13.3. The van der Waals surface area contributed by atoms with Crippen LogP contribution in [0.25, 0.3) is 0 Å². The van der Waals surface area contributed by atoms with Crippen molar-refractivity contribution in [3.05, 3.63) is 64.9 Å². The number of hydrogen-bond donors (Lipinski definition) is 1. The quantitative estimate of drug-likeness (QED) is 0.611. The summed E-state index contributed by atoms with van der Waals surface area (Å²) in [7, 11) is -3.80. The molecular weight excluding hydrogens is 445 g/mol. The van der Waals surface area contributed by atoms with Crippen molar-refractivity contribution in [2.45, 2.75) is 26.4 Å². The zero-order valence-corrected chi connectivity index (χ0v) is 19.1. The summed E-state index contributed by atoms with van der Waals surface area (Å²) in [4.78, 5) is 26.9. The van der Waals surface area contributed by atoms with Gasteiger partial charge < -0.3 is 10.2 Å². The summed E-state index contributed by atoms with van der Waals surface area (Å²) in [6.07, 6.45) is 0.992. The fourth-order valence-corrected chi connectivity index (χ4v) is 3.89. The van der Waals surface area contributed by atoms with Gasteiger partial charge in [-0.25, -0.2) is 12.8 Å². The average Bonchev–Trinajstić information content (AvgIpc) is 2.71. The van der Waals surface area contributed by atoms with Crippen LogP contribution in [0, 0.1) is 5.82 Å². The lowest BCUT2D eigenvalue weighted by Gasteiger charge is -2.31. The van der Waals surface area contributed by atoms with Gasteiger partial charge in [0.15, 0.2) is 0 Å². The zero-order valence-electron chi connectivity index (χ0n) is 17.5. The first-order chi connectivity index (χ1) is 14.5. The van der Waals surface area contributed by atoms with Crippen LogP contribution >= 0.6 is 11.6 Å². The Kier molecular flexibility index (Phi) is 8.41. The van der Waals surface area contributed by atoms with Crippen LogP contribution in [0.4, 0.5) is 10.1 Å². The number of amides is 2. The number of anilines is 1. The molecule has 7 nitrogen and oxygen atoms in total. The predicted molar refractivity (Wildman–Crippen MR) is 119 cm³/mol. The van der Waals surface area contributed by atoms with E-state index in [9.17, 15) is 22.4 Å². The van der Waals surface area contributed by atoms with Crippen molar-refractivity contribution >= 4 is 39.1 Å². The van der Waals surface area contributed by atoms with Crippen molar-refractivity contribution < 1.29 is 22.4 Å². The monoisotopic (exact) mass is 469 g/mol. The summed E-state index contributed by atoms with van der Waals surface area (Å²) in [6, 6.07) is 10.7. The maximum Gasteiger partial charge on any atom is 0.244 e. The number of likely N-dealkylation sites (N-methyl/N-ethyl adjacent to an activating group) is 1. The number of carbonyl (C=O) groups is 2. The fourth-order valence-electron chi connectivity index (χ4n) is 2.91. The molecule has 0 heterocycles. The largest absolute Gasteiger partial charge is 0.355 e. The Labute approximate surface area is 186 Å². The van der Waals surface area contributed by atoms with Crippen molar-refractivity contribution in [2.24, 2.45) is 0 Å². The van der Waals surface area contributed by atoms with Crippen LogP contribution < -0.4 is 9.62 Å². The lowest BCUT2D eigenvalue weighted by Crippen LogP contribution is -2.51. The van der Waals surface area contributed by atoms with Crippen molar-refractivity contribution in [3.63, 3.8) is 0 Å². The first-order valence-electron chi connectivity index (χ1n) is 9.57. The maximum absolute atomic E-state index is 13.3. The summed E-state index contributed by atoms with van der Waals surface area (Å²) in [5, 5.41) is 3.08. The van der Waals surface area contributed by atoms with Gasteiger partial charge in [-0.1, -0.05) is 23.7 Å². The number of hydrogen-bond acceptors (Lipinski definition) is 4. The number of carbonyl (C=O) groups excluding carboxylic acids is 2. The normalized spacial score (nSPS) is 12.2. The molecule has 2 rings (SSSR count). The number of sulfonamides is 1. The summed E-state index contributed by atoms with van der Waals surface area (Å²) in [6.45, 7) is 3.19. The molecule has 0 spiro atoms. The smallest absolute Gasteiger partial charge is 0.244 e. The third-order valence-electron chi connectivity index (χ3n) is 4.58. The van der Waals surface area contributed by atoms with Gasteiger partial charge in [-0.3, -0.25) is 13.9 Å². The number of halogens is 2. The van der Waals surface area contributed by atoms with Crippen LogP contribution in [0.2, 0.25) is 5.02 Å². The highest BCUT2D eigenvalue weighted by molar-refractivity contribution is 7.92. The van der Waals surface area contributed by atoms with Gasteiger partial charge in [0.25, 0.3) is 0 Å². The van der Waals surface area contributed by atoms with Crippen LogP contribution in [-0.4, -0.2) is 50.5 Å². The molecule has 31 heavy (non-hydrogen) atoms. The van der Waals surface area contributed by atoms with Crippen LogP contribution in [0.3, 0.4) is 0 Å². The molecule has 0 saturated heterocycles. The van der Waals surface area contributed by atoms with Crippen molar-refractivity contribution in [3.8, 4) is 0 Å². The first-order valence-corrected chi connectivity index (χ1v) is 11.8. The number of benzene rings is 2. The molecule has 0 aliphatic rings. The van der Waals surface area contributed by atoms with E-state index in [1.165, 1.54) is 53.4 Å². The van der Waals surface area contributed by atoms with Crippen molar-refractivity contribution in [2.75, 3.05) is 23.7 Å². The molecule has 0 fully saturated rings. The van der Waals surface area contributed by atoms with Gasteiger partial charge in [0, 0.05) is 18.1 Å². The molecule has 0 saturated carbocycles. The van der Waals surface area contributed by atoms with E-state index in [4.69, 9.17) is 11.6 Å². The van der Waals surface area contributed by atoms with Gasteiger partial charge in [-0.2, -0.15) is 0 Å². The standard InChI is InChI=1S/C21H25ClFN3O4S/c1-4-24-21(28)15(2)25(13-16-5-9-18(23)10-6-16)20(27)14-26(31(3,29)30)19-11-7-17(22)8-12-19/h5-12,15H,4,13-14H2,1-3H3,(H,24,28). The Morgan fingerprint density at radius 3 is 2.19 bits per heavy atom. The Morgan fingerprint density at radius 2 is 1.68 bits per heavy atom. The van der Waals surface area contributed by atoms with E-state index in [2.05, 4.69) is 5.32 Å². The Balaban J connectivity index is 2.35. The van der Waals surface area contributed by atoms with Gasteiger partial charge in [-0.15, -0.1) is 0 Å². The van der Waals surface area contributed by atoms with Crippen LogP contribution in [0.1, 0.15) is 19.4 Å². The van der Waals surface area contributed by atoms with Gasteiger partial charge >= 0.3 is 0 Å². The topological polar surface area (TPSA) is 86.8 Å². The number of nitrogens with zero attached hydrogens (tertiary/aromatic N) is 2. The number of nitrogens with one attached hydrogen (secondary N) is 1. The lowest BCUT2D eigenvalue weighted by molar-refractivity contribution is -0.139. The second-order valence-electron chi connectivity index (χ2n) is 6.96. The number of rotatable bonds is 9. The van der Waals surface area contributed by atoms with Crippen LogP contribution in [-0.2, 0) is 26.2 Å². The summed E-state index contributed by atoms with van der Waals surface area (Å²) in [5.41, 5.74) is 0.871. The van der Waals surface area contributed by atoms with Crippen LogP contribution in [0.5, 0.6) is 0 Å². The highest BCUT2D eigenvalue weighted by atomic mass is 35.5. The molecule has 2 aromatic carbocycles. The molecule has 1 atom stereocenters. The molecule has 168 valence electrons.